The molecule has 282 valence electrons. The maximum absolute atomic E-state index is 12.7. The van der Waals surface area contributed by atoms with Gasteiger partial charge in [0.05, 0.1) is 0 Å². The number of carbonyl (C=O) groups excluding carboxylic acids is 7. The van der Waals surface area contributed by atoms with E-state index >= 15 is 0 Å². The number of nitrogens with two attached hydrogens (primary N) is 1. The van der Waals surface area contributed by atoms with E-state index in [0.717, 1.165) is 32.5 Å². The maximum Gasteiger partial charge on any atom is 0.303 e. The van der Waals surface area contributed by atoms with E-state index in [1.54, 1.807) is 24.3 Å². The molecule has 0 bridgehead atoms. The fourth-order valence-electron chi connectivity index (χ4n) is 5.10. The second kappa shape index (κ2) is 18.7. The molecule has 0 radical (unpaired) electrons. The number of rotatable bonds is 13. The van der Waals surface area contributed by atoms with Crippen molar-refractivity contribution in [2.75, 3.05) is 18.9 Å². The van der Waals surface area contributed by atoms with Gasteiger partial charge in [0.1, 0.15) is 37.0 Å². The largest absolute Gasteiger partial charge is 0.463 e. The third-order valence-corrected chi connectivity index (χ3v) is 8.03. The molecule has 10 atom stereocenters. The fraction of sp³-hybridized carbons (Fsp3) is 0.594. The van der Waals surface area contributed by atoms with Gasteiger partial charge in [-0.15, -0.1) is 0 Å². The van der Waals surface area contributed by atoms with E-state index in [-0.39, 0.29) is 0 Å². The van der Waals surface area contributed by atoms with E-state index < -0.39 is 143 Å². The van der Waals surface area contributed by atoms with Crippen molar-refractivity contribution in [2.45, 2.75) is 114 Å². The van der Waals surface area contributed by atoms with Crippen LogP contribution in [0.5, 0.6) is 0 Å². The molecule has 0 saturated carbocycles. The van der Waals surface area contributed by atoms with E-state index in [1.807, 2.05) is 0 Å². The molecule has 2 fully saturated rings. The molecule has 2 aliphatic rings. The Hall–Kier alpha value is -4.46. The summed E-state index contributed by atoms with van der Waals surface area (Å²) in [7, 11) is 0. The van der Waals surface area contributed by atoms with Gasteiger partial charge in [0, 0.05) is 64.4 Å². The normalized spacial score (nSPS) is 29.7. The molecule has 1 unspecified atom stereocenters. The maximum atomic E-state index is 12.7. The van der Waals surface area contributed by atoms with E-state index in [9.17, 15) is 33.6 Å². The van der Waals surface area contributed by atoms with Crippen LogP contribution >= 0.6 is 11.8 Å². The highest BCUT2D eigenvalue weighted by atomic mass is 32.2. The van der Waals surface area contributed by atoms with Crippen LogP contribution in [0.3, 0.4) is 0 Å². The number of thioether (sulfide) groups is 1. The van der Waals surface area contributed by atoms with Crippen molar-refractivity contribution in [3.05, 3.63) is 24.3 Å². The lowest BCUT2D eigenvalue weighted by molar-refractivity contribution is -0.341. The number of anilines is 1. The first-order valence-corrected chi connectivity index (χ1v) is 15.9. The van der Waals surface area contributed by atoms with Crippen LogP contribution in [0.4, 0.5) is 5.69 Å². The quantitative estimate of drug-likeness (QED) is 0.168. The summed E-state index contributed by atoms with van der Waals surface area (Å²) in [5, 5.41) is 0. The summed E-state index contributed by atoms with van der Waals surface area (Å²) in [4.78, 5) is 87.3. The molecule has 19 heteroatoms. The smallest absolute Gasteiger partial charge is 0.303 e. The summed E-state index contributed by atoms with van der Waals surface area (Å²) in [6, 6.07) is 6.45. The topological polar surface area (TPSA) is 238 Å². The lowest BCUT2D eigenvalue weighted by Crippen LogP contribution is -2.66. The minimum Gasteiger partial charge on any atom is -0.463 e. The number of hydrogen-bond acceptors (Lipinski definition) is 19. The van der Waals surface area contributed by atoms with Gasteiger partial charge in [-0.3, -0.25) is 33.6 Å². The lowest BCUT2D eigenvalue weighted by Gasteiger charge is -2.48. The minimum absolute atomic E-state index is 0.439. The zero-order valence-corrected chi connectivity index (χ0v) is 28.6. The molecule has 18 nitrogen and oxygen atoms in total. The highest BCUT2D eigenvalue weighted by molar-refractivity contribution is 7.99. The summed E-state index contributed by atoms with van der Waals surface area (Å²) in [5.41, 5.74) is 5.08. The number of ether oxygens (including phenoxy) is 10. The van der Waals surface area contributed by atoms with Crippen LogP contribution in [0, 0.1) is 0 Å². The van der Waals surface area contributed by atoms with Gasteiger partial charge in [-0.05, 0) is 24.3 Å². The van der Waals surface area contributed by atoms with E-state index in [2.05, 4.69) is 0 Å². The molecule has 2 saturated heterocycles. The van der Waals surface area contributed by atoms with Gasteiger partial charge in [-0.1, -0.05) is 11.8 Å². The monoisotopic (exact) mass is 747 g/mol. The molecule has 51 heavy (non-hydrogen) atoms. The first-order valence-electron chi connectivity index (χ1n) is 17.8. The molecule has 2 heterocycles. The van der Waals surface area contributed by atoms with Gasteiger partial charge in [-0.2, -0.15) is 0 Å². The third-order valence-electron chi connectivity index (χ3n) is 6.87. The number of carbonyl (C=O) groups is 7. The second-order valence-electron chi connectivity index (χ2n) is 10.9. The Morgan fingerprint density at radius 1 is 0.608 bits per heavy atom. The molecule has 1 aromatic carbocycles. The predicted octanol–water partition coefficient (Wildman–Crippen LogP) is 0.981. The Balaban J connectivity index is 2.21. The van der Waals surface area contributed by atoms with Crippen LogP contribution in [0.1, 0.15) is 53.9 Å². The predicted molar refractivity (Wildman–Crippen MR) is 170 cm³/mol. The molecular weight excluding hydrogens is 702 g/mol. The summed E-state index contributed by atoms with van der Waals surface area (Å²) < 4.78 is 86.1. The molecule has 1 aromatic rings. The van der Waals surface area contributed by atoms with Crippen molar-refractivity contribution in [1.29, 1.82) is 0 Å². The van der Waals surface area contributed by atoms with Gasteiger partial charge >= 0.3 is 41.8 Å². The Labute approximate surface area is 302 Å². The zero-order chi connectivity index (χ0) is 40.8. The van der Waals surface area contributed by atoms with Crippen LogP contribution in [-0.4, -0.2) is 116 Å². The molecule has 0 spiro atoms. The fourth-order valence-corrected chi connectivity index (χ4v) is 6.21. The lowest BCUT2D eigenvalue weighted by atomic mass is 9.96. The standard InChI is InChI=1S/C32H41NO17S/c1-14(34)41-12-23-25(43-16(3)36)27(44-17(4)37)29(46-19(6)39)31(48-23)50-26-24(13-42-15(2)35)49-32(51-22-10-8-21(33)9-11-22)30(47-20(7)40)28(26)45-18(5)38/h8-11,23-32H,12-13,33H2,1-7H3/t23-,24-,25-,26-,27+,28+,29-,30-,31?,32+/m1/s1/i1D,3D,4D,6D. The highest BCUT2D eigenvalue weighted by Crippen LogP contribution is 2.40. The molecule has 2 N–H and O–H groups in total. The number of nitrogen functional groups attached to an aromatic ring is 1. The van der Waals surface area contributed by atoms with Gasteiger partial charge in [-0.25, -0.2) is 0 Å². The number of hydrogen-bond donors (Lipinski definition) is 1. The van der Waals surface area contributed by atoms with E-state index in [1.165, 1.54) is 0 Å². The van der Waals surface area contributed by atoms with Crippen LogP contribution in [0.2, 0.25) is 0 Å². The van der Waals surface area contributed by atoms with Gasteiger partial charge in [0.15, 0.2) is 36.8 Å². The summed E-state index contributed by atoms with van der Waals surface area (Å²) in [6.45, 7) is -1.98. The van der Waals surface area contributed by atoms with E-state index in [4.69, 9.17) is 58.6 Å². The van der Waals surface area contributed by atoms with Crippen molar-refractivity contribution in [3.63, 3.8) is 0 Å². The molecule has 3 rings (SSSR count). The van der Waals surface area contributed by atoms with Crippen molar-refractivity contribution in [1.82, 2.24) is 0 Å². The highest BCUT2D eigenvalue weighted by Gasteiger charge is 2.57. The van der Waals surface area contributed by atoms with Crippen molar-refractivity contribution < 1.29 is 86.4 Å². The molecule has 0 aromatic heterocycles. The SMILES string of the molecule is [2H]CC(=O)OC[C@H]1OC(O[C@H]2[C@H](OC(C)=O)[C@@H](OC(C)=O)[C@H](Sc3ccc(N)cc3)O[C@@H]2COC(C)=O)[C@H](OC(=O)C[2H])[C@@H](OC(=O)C[2H])[C@@H]1OC(=O)C[2H]. The second-order valence-corrected chi connectivity index (χ2v) is 12.0. The van der Waals surface area contributed by atoms with Gasteiger partial charge in [0.2, 0.25) is 0 Å². The average molecular weight is 748 g/mol. The summed E-state index contributed by atoms with van der Waals surface area (Å²) >= 11 is 1.02. The number of benzene rings is 1. The van der Waals surface area contributed by atoms with E-state index in [0.29, 0.717) is 10.6 Å². The first-order chi connectivity index (χ1) is 26.1. The van der Waals surface area contributed by atoms with Gasteiger partial charge in [0.25, 0.3) is 0 Å². The van der Waals surface area contributed by atoms with Crippen LogP contribution in [-0.2, 0) is 80.9 Å². The Bertz CT molecular complexity index is 1520. The van der Waals surface area contributed by atoms with Crippen LogP contribution < -0.4 is 5.73 Å². The molecule has 0 amide bonds. The summed E-state index contributed by atoms with van der Waals surface area (Å²) in [5.74, 6) is -7.29. The summed E-state index contributed by atoms with van der Waals surface area (Å²) in [6.07, 6.45) is -15.5. The van der Waals surface area contributed by atoms with Crippen LogP contribution in [0.25, 0.3) is 0 Å². The third kappa shape index (κ3) is 12.4. The van der Waals surface area contributed by atoms with Crippen molar-refractivity contribution in [3.8, 4) is 0 Å². The number of esters is 7. The molecular formula is C32H41NO17S. The zero-order valence-electron chi connectivity index (χ0n) is 31.8. The van der Waals surface area contributed by atoms with Gasteiger partial charge < -0.3 is 53.1 Å². The Morgan fingerprint density at radius 3 is 1.63 bits per heavy atom. The minimum atomic E-state index is -2.00. The Morgan fingerprint density at radius 2 is 1.08 bits per heavy atom. The Kier molecular flexibility index (Phi) is 12.8. The molecule has 0 aliphatic carbocycles. The first kappa shape index (κ1) is 35.0. The van der Waals surface area contributed by atoms with Crippen LogP contribution in [0.15, 0.2) is 29.2 Å². The average Bonchev–Trinajstić information content (AvgIpc) is 3.14. The van der Waals surface area contributed by atoms with Crippen molar-refractivity contribution in [2.24, 2.45) is 0 Å². The molecule has 2 aliphatic heterocycles. The van der Waals surface area contributed by atoms with Crippen molar-refractivity contribution >= 4 is 59.2 Å².